The first-order valence-electron chi connectivity index (χ1n) is 12.9. The molecule has 0 unspecified atom stereocenters. The Morgan fingerprint density at radius 3 is 1.59 bits per heavy atom. The normalized spacial score (nSPS) is 23.6. The quantitative estimate of drug-likeness (QED) is 0.328. The third-order valence-electron chi connectivity index (χ3n) is 6.91. The third-order valence-corrected chi connectivity index (χ3v) is 11.9. The highest BCUT2D eigenvalue weighted by molar-refractivity contribution is 9.10. The van der Waals surface area contributed by atoms with E-state index in [0.717, 1.165) is 71.4 Å². The second-order valence-electron chi connectivity index (χ2n) is 10.3. The molecule has 0 spiro atoms. The fourth-order valence-corrected chi connectivity index (χ4v) is 7.51. The minimum absolute atomic E-state index is 0.0604. The Morgan fingerprint density at radius 2 is 1.18 bits per heavy atom. The molecule has 2 aromatic rings. The van der Waals surface area contributed by atoms with Gasteiger partial charge in [0.05, 0.1) is 27.8 Å². The molecule has 2 saturated carbocycles. The van der Waals surface area contributed by atoms with Crippen LogP contribution in [0.25, 0.3) is 0 Å². The van der Waals surface area contributed by atoms with Gasteiger partial charge in [-0.2, -0.15) is 0 Å². The topological polar surface area (TPSA) is 135 Å². The first-order valence-corrected chi connectivity index (χ1v) is 18.4. The zero-order valence-corrected chi connectivity index (χ0v) is 27.8. The van der Waals surface area contributed by atoms with Gasteiger partial charge in [0, 0.05) is 25.7 Å². The number of aryl methyl sites for hydroxylation is 2. The maximum absolute atomic E-state index is 12.4. The molecule has 2 aliphatic rings. The van der Waals surface area contributed by atoms with Crippen molar-refractivity contribution in [3.63, 3.8) is 0 Å². The van der Waals surface area contributed by atoms with Gasteiger partial charge in [0.25, 0.3) is 9.05 Å². The van der Waals surface area contributed by atoms with Crippen LogP contribution in [0, 0.1) is 19.8 Å². The van der Waals surface area contributed by atoms with Crippen LogP contribution in [-0.4, -0.2) is 51.1 Å². The lowest BCUT2D eigenvalue weighted by atomic mass is 9.89. The van der Waals surface area contributed by atoms with Crippen molar-refractivity contribution in [2.24, 2.45) is 11.7 Å². The smallest absolute Gasteiger partial charge is 0.261 e. The van der Waals surface area contributed by atoms with Crippen molar-refractivity contribution in [1.29, 1.82) is 0 Å². The fraction of sp³-hybridized carbons (Fsp3) is 0.556. The first-order chi connectivity index (χ1) is 18.1. The number of hydrogen-bond acceptors (Lipinski definition) is 7. The minimum Gasteiger partial charge on any atom is -0.393 e. The summed E-state index contributed by atoms with van der Waals surface area (Å²) in [5, 5.41) is 18.4. The van der Waals surface area contributed by atoms with E-state index in [1.165, 1.54) is 12.1 Å². The SMILES string of the molecule is Cc1cc(S(=O)(=O)CC2CCC(O)CC2)ccc1Br.Cc1cc(S(=O)(=O)Cl)ccc1Br.NC1CCC(O)CC1. The van der Waals surface area contributed by atoms with Gasteiger partial charge in [-0.1, -0.05) is 31.9 Å². The molecule has 0 bridgehead atoms. The van der Waals surface area contributed by atoms with E-state index in [4.69, 9.17) is 21.5 Å². The molecule has 7 nitrogen and oxygen atoms in total. The summed E-state index contributed by atoms with van der Waals surface area (Å²) in [6.45, 7) is 3.69. The predicted octanol–water partition coefficient (Wildman–Crippen LogP) is 6.02. The summed E-state index contributed by atoms with van der Waals surface area (Å²) in [6.07, 6.45) is 6.55. The Labute approximate surface area is 254 Å². The van der Waals surface area contributed by atoms with Crippen molar-refractivity contribution in [2.75, 3.05) is 5.75 Å². The second-order valence-corrected chi connectivity index (χ2v) is 16.6. The molecule has 0 aromatic heterocycles. The number of nitrogens with two attached hydrogens (primary N) is 1. The number of rotatable bonds is 4. The number of halogens is 3. The van der Waals surface area contributed by atoms with E-state index in [1.54, 1.807) is 31.2 Å². The van der Waals surface area contributed by atoms with Gasteiger partial charge in [-0.05, 0) is 119 Å². The number of benzene rings is 2. The summed E-state index contributed by atoms with van der Waals surface area (Å²) >= 11 is 6.64. The molecule has 39 heavy (non-hydrogen) atoms. The van der Waals surface area contributed by atoms with Gasteiger partial charge in [0.1, 0.15) is 0 Å². The van der Waals surface area contributed by atoms with Crippen LogP contribution in [0.5, 0.6) is 0 Å². The summed E-state index contributed by atoms with van der Waals surface area (Å²) in [5.41, 5.74) is 7.36. The van der Waals surface area contributed by atoms with Crippen LogP contribution in [-0.2, 0) is 18.9 Å². The molecule has 2 aliphatic carbocycles. The van der Waals surface area contributed by atoms with Crippen LogP contribution in [0.4, 0.5) is 0 Å². The molecule has 4 rings (SSSR count). The highest BCUT2D eigenvalue weighted by Crippen LogP contribution is 2.29. The van der Waals surface area contributed by atoms with Crippen molar-refractivity contribution >= 4 is 61.4 Å². The standard InChI is InChI=1S/C14H19BrO3S.C7H6BrClO2S.C6H13NO/c1-10-8-13(6-7-14(10)15)19(17,18)9-11-2-4-12(16)5-3-11;1-5-4-6(12(9,10)11)2-3-7(5)8;7-5-1-3-6(8)4-2-5/h6-8,11-12,16H,2-5,9H2,1H3;2-4H,1H3;5-6,8H,1-4,7H2. The number of aliphatic hydroxyl groups excluding tert-OH is 2. The average Bonchev–Trinajstić information content (AvgIpc) is 2.86. The van der Waals surface area contributed by atoms with Gasteiger partial charge in [0.15, 0.2) is 9.84 Å². The van der Waals surface area contributed by atoms with E-state index in [9.17, 15) is 21.9 Å². The van der Waals surface area contributed by atoms with E-state index in [2.05, 4.69) is 31.9 Å². The molecular weight excluding hydrogens is 694 g/mol. The molecule has 2 fully saturated rings. The van der Waals surface area contributed by atoms with Crippen LogP contribution in [0.2, 0.25) is 0 Å². The molecular formula is C27H38Br2ClNO6S2. The van der Waals surface area contributed by atoms with Gasteiger partial charge in [-0.25, -0.2) is 16.8 Å². The molecule has 12 heteroatoms. The number of aliphatic hydroxyl groups is 2. The first kappa shape index (κ1) is 34.7. The molecule has 0 aliphatic heterocycles. The van der Waals surface area contributed by atoms with Crippen LogP contribution in [0.15, 0.2) is 55.1 Å². The third kappa shape index (κ3) is 12.1. The van der Waals surface area contributed by atoms with Gasteiger partial charge in [-0.3, -0.25) is 0 Å². The lowest BCUT2D eigenvalue weighted by Gasteiger charge is -2.25. The molecule has 4 N–H and O–H groups in total. The van der Waals surface area contributed by atoms with Gasteiger partial charge in [0.2, 0.25) is 0 Å². The molecule has 0 saturated heterocycles. The van der Waals surface area contributed by atoms with Crippen molar-refractivity contribution in [1.82, 2.24) is 0 Å². The number of hydrogen-bond donors (Lipinski definition) is 3. The fourth-order valence-electron chi connectivity index (χ4n) is 4.40. The molecule has 220 valence electrons. The van der Waals surface area contributed by atoms with E-state index in [0.29, 0.717) is 10.9 Å². The summed E-state index contributed by atoms with van der Waals surface area (Å²) in [7, 11) is -1.67. The van der Waals surface area contributed by atoms with Crippen molar-refractivity contribution < 1.29 is 27.0 Å². The lowest BCUT2D eigenvalue weighted by molar-refractivity contribution is 0.113. The molecule has 2 aromatic carbocycles. The zero-order chi connectivity index (χ0) is 29.4. The Balaban J connectivity index is 0.000000227. The Hall–Kier alpha value is -0.530. The summed E-state index contributed by atoms with van der Waals surface area (Å²) in [6, 6.07) is 10.2. The van der Waals surface area contributed by atoms with E-state index in [1.807, 2.05) is 6.92 Å². The highest BCUT2D eigenvalue weighted by atomic mass is 79.9. The second kappa shape index (κ2) is 15.6. The Morgan fingerprint density at radius 1 is 0.769 bits per heavy atom. The van der Waals surface area contributed by atoms with Crippen LogP contribution in [0.3, 0.4) is 0 Å². The maximum Gasteiger partial charge on any atom is 0.261 e. The summed E-state index contributed by atoms with van der Waals surface area (Å²) < 4.78 is 48.2. The van der Waals surface area contributed by atoms with Gasteiger partial charge < -0.3 is 15.9 Å². The average molecular weight is 732 g/mol. The van der Waals surface area contributed by atoms with E-state index < -0.39 is 18.9 Å². The largest absolute Gasteiger partial charge is 0.393 e. The maximum atomic E-state index is 12.4. The Bertz CT molecular complexity index is 1280. The Kier molecular flexibility index (Phi) is 13.9. The highest BCUT2D eigenvalue weighted by Gasteiger charge is 2.26. The van der Waals surface area contributed by atoms with Gasteiger partial charge >= 0.3 is 0 Å². The molecule has 0 heterocycles. The van der Waals surface area contributed by atoms with E-state index in [-0.39, 0.29) is 28.8 Å². The molecule has 0 atom stereocenters. The van der Waals surface area contributed by atoms with Gasteiger partial charge in [-0.15, -0.1) is 0 Å². The van der Waals surface area contributed by atoms with Crippen molar-refractivity contribution in [3.05, 3.63) is 56.5 Å². The van der Waals surface area contributed by atoms with Crippen LogP contribution >= 0.6 is 42.5 Å². The van der Waals surface area contributed by atoms with Crippen LogP contribution in [0.1, 0.15) is 62.5 Å². The zero-order valence-electron chi connectivity index (χ0n) is 22.2. The van der Waals surface area contributed by atoms with Crippen molar-refractivity contribution in [2.45, 2.75) is 93.3 Å². The number of sulfone groups is 1. The summed E-state index contributed by atoms with van der Waals surface area (Å²) in [5.74, 6) is 0.373. The predicted molar refractivity (Wildman–Crippen MR) is 163 cm³/mol. The van der Waals surface area contributed by atoms with E-state index >= 15 is 0 Å². The summed E-state index contributed by atoms with van der Waals surface area (Å²) in [4.78, 5) is 0.532. The molecule has 0 amide bonds. The molecule has 0 radical (unpaired) electrons. The lowest BCUT2D eigenvalue weighted by Crippen LogP contribution is -2.28. The van der Waals surface area contributed by atoms with Crippen molar-refractivity contribution in [3.8, 4) is 0 Å². The monoisotopic (exact) mass is 729 g/mol. The minimum atomic E-state index is -3.59. The van der Waals surface area contributed by atoms with Crippen LogP contribution < -0.4 is 5.73 Å².